The minimum atomic E-state index is -3.12. The fourth-order valence-electron chi connectivity index (χ4n) is 2.93. The predicted molar refractivity (Wildman–Crippen MR) is 97.5 cm³/mol. The molecule has 2 aromatic rings. The molecule has 1 fully saturated rings. The van der Waals surface area contributed by atoms with Crippen LogP contribution in [0.2, 0.25) is 0 Å². The topological polar surface area (TPSA) is 54.5 Å². The van der Waals surface area contributed by atoms with Crippen LogP contribution >= 0.6 is 15.9 Å². The van der Waals surface area contributed by atoms with Crippen molar-refractivity contribution in [2.75, 3.05) is 11.5 Å². The summed E-state index contributed by atoms with van der Waals surface area (Å²) in [5, 5.41) is 0. The smallest absolute Gasteiger partial charge is 0.254 e. The summed E-state index contributed by atoms with van der Waals surface area (Å²) in [6, 6.07) is 12.5. The summed E-state index contributed by atoms with van der Waals surface area (Å²) in [5.74, 6) is -0.515. The molecule has 0 N–H and O–H groups in total. The molecule has 1 heterocycles. The molecule has 132 valence electrons. The second-order valence-corrected chi connectivity index (χ2v) is 9.27. The molecule has 3 rings (SSSR count). The lowest BCUT2D eigenvalue weighted by Crippen LogP contribution is -2.40. The molecule has 1 saturated heterocycles. The largest absolute Gasteiger partial charge is 0.330 e. The van der Waals surface area contributed by atoms with Crippen molar-refractivity contribution in [3.63, 3.8) is 0 Å². The SMILES string of the molecule is O=C(c1ccc(Br)cc1)N(Cc1ccc(F)cc1)C1CCS(=O)(=O)C1. The van der Waals surface area contributed by atoms with Gasteiger partial charge in [-0.3, -0.25) is 4.79 Å². The number of carbonyl (C=O) groups is 1. The van der Waals surface area contributed by atoms with Gasteiger partial charge in [-0.05, 0) is 48.4 Å². The van der Waals surface area contributed by atoms with Crippen LogP contribution in [0.25, 0.3) is 0 Å². The Kier molecular flexibility index (Phi) is 5.24. The summed E-state index contributed by atoms with van der Waals surface area (Å²) in [4.78, 5) is 14.6. The van der Waals surface area contributed by atoms with Crippen molar-refractivity contribution in [1.29, 1.82) is 0 Å². The second kappa shape index (κ2) is 7.25. The maximum absolute atomic E-state index is 13.1. The number of amides is 1. The van der Waals surface area contributed by atoms with Crippen LogP contribution < -0.4 is 0 Å². The number of hydrogen-bond acceptors (Lipinski definition) is 3. The average molecular weight is 426 g/mol. The number of hydrogen-bond donors (Lipinski definition) is 0. The van der Waals surface area contributed by atoms with E-state index in [0.717, 1.165) is 10.0 Å². The minimum Gasteiger partial charge on any atom is -0.330 e. The molecule has 4 nitrogen and oxygen atoms in total. The number of halogens is 2. The average Bonchev–Trinajstić information content (AvgIpc) is 2.94. The Morgan fingerprint density at radius 1 is 1.12 bits per heavy atom. The Morgan fingerprint density at radius 3 is 2.32 bits per heavy atom. The van der Waals surface area contributed by atoms with Gasteiger partial charge in [0.15, 0.2) is 9.84 Å². The highest BCUT2D eigenvalue weighted by atomic mass is 79.9. The van der Waals surface area contributed by atoms with Crippen LogP contribution in [-0.2, 0) is 16.4 Å². The lowest BCUT2D eigenvalue weighted by molar-refractivity contribution is 0.0681. The second-order valence-electron chi connectivity index (χ2n) is 6.12. The molecule has 0 radical (unpaired) electrons. The van der Waals surface area contributed by atoms with Crippen molar-refractivity contribution >= 4 is 31.7 Å². The summed E-state index contributed by atoms with van der Waals surface area (Å²) in [6.07, 6.45) is 0.422. The Bertz CT molecular complexity index is 866. The first-order valence-electron chi connectivity index (χ1n) is 7.85. The van der Waals surface area contributed by atoms with Gasteiger partial charge in [0.05, 0.1) is 11.5 Å². The molecular formula is C18H17BrFNO3S. The Labute approximate surface area is 154 Å². The third-order valence-corrected chi connectivity index (χ3v) is 6.55. The molecule has 1 aliphatic rings. The van der Waals surface area contributed by atoms with E-state index in [0.29, 0.717) is 12.0 Å². The molecule has 1 atom stereocenters. The molecular weight excluding hydrogens is 409 g/mol. The summed E-state index contributed by atoms with van der Waals surface area (Å²) in [7, 11) is -3.12. The van der Waals surface area contributed by atoms with Crippen molar-refractivity contribution in [3.05, 3.63) is 69.9 Å². The lowest BCUT2D eigenvalue weighted by Gasteiger charge is -2.28. The molecule has 0 bridgehead atoms. The van der Waals surface area contributed by atoms with Crippen LogP contribution in [-0.4, -0.2) is 36.8 Å². The van der Waals surface area contributed by atoms with Gasteiger partial charge >= 0.3 is 0 Å². The first-order valence-corrected chi connectivity index (χ1v) is 10.5. The molecule has 1 unspecified atom stereocenters. The molecule has 0 spiro atoms. The Morgan fingerprint density at radius 2 is 1.76 bits per heavy atom. The van der Waals surface area contributed by atoms with Crippen LogP contribution in [0.4, 0.5) is 4.39 Å². The predicted octanol–water partition coefficient (Wildman–Crippen LogP) is 3.42. The van der Waals surface area contributed by atoms with Gasteiger partial charge in [0.2, 0.25) is 0 Å². The van der Waals surface area contributed by atoms with Gasteiger partial charge in [0.25, 0.3) is 5.91 Å². The van der Waals surface area contributed by atoms with E-state index >= 15 is 0 Å². The number of benzene rings is 2. The van der Waals surface area contributed by atoms with E-state index in [9.17, 15) is 17.6 Å². The molecule has 0 saturated carbocycles. The quantitative estimate of drug-likeness (QED) is 0.753. The Hall–Kier alpha value is -1.73. The number of rotatable bonds is 4. The highest BCUT2D eigenvalue weighted by Crippen LogP contribution is 2.23. The zero-order chi connectivity index (χ0) is 18.0. The van der Waals surface area contributed by atoms with Gasteiger partial charge in [-0.2, -0.15) is 0 Å². The fraction of sp³-hybridized carbons (Fsp3) is 0.278. The summed E-state index contributed by atoms with van der Waals surface area (Å²) in [5.41, 5.74) is 1.26. The van der Waals surface area contributed by atoms with E-state index in [2.05, 4.69) is 15.9 Å². The van der Waals surface area contributed by atoms with Crippen molar-refractivity contribution < 1.29 is 17.6 Å². The fourth-order valence-corrected chi connectivity index (χ4v) is 4.93. The van der Waals surface area contributed by atoms with Crippen molar-refractivity contribution in [3.8, 4) is 0 Å². The van der Waals surface area contributed by atoms with Crippen molar-refractivity contribution in [2.45, 2.75) is 19.0 Å². The van der Waals surface area contributed by atoms with Gasteiger partial charge < -0.3 is 4.90 Å². The van der Waals surface area contributed by atoms with E-state index in [1.165, 1.54) is 12.1 Å². The van der Waals surface area contributed by atoms with Gasteiger partial charge in [-0.1, -0.05) is 28.1 Å². The van der Waals surface area contributed by atoms with E-state index in [1.807, 2.05) is 0 Å². The third kappa shape index (κ3) is 4.46. The zero-order valence-electron chi connectivity index (χ0n) is 13.4. The standard InChI is InChI=1S/C18H17BrFNO3S/c19-15-5-3-14(4-6-15)18(22)21(17-9-10-25(23,24)12-17)11-13-1-7-16(20)8-2-13/h1-8,17H,9-12H2. The molecule has 2 aromatic carbocycles. The van der Waals surface area contributed by atoms with Crippen molar-refractivity contribution in [2.24, 2.45) is 0 Å². The highest BCUT2D eigenvalue weighted by Gasteiger charge is 2.35. The molecule has 1 aliphatic heterocycles. The van der Waals surface area contributed by atoms with Gasteiger partial charge in [-0.25, -0.2) is 12.8 Å². The van der Waals surface area contributed by atoms with E-state index in [-0.39, 0.29) is 35.8 Å². The van der Waals surface area contributed by atoms with Gasteiger partial charge in [0.1, 0.15) is 5.82 Å². The molecule has 0 aromatic heterocycles. The Balaban J connectivity index is 1.89. The van der Waals surface area contributed by atoms with E-state index in [1.54, 1.807) is 41.3 Å². The van der Waals surface area contributed by atoms with E-state index in [4.69, 9.17) is 0 Å². The van der Waals surface area contributed by atoms with Crippen LogP contribution in [0.1, 0.15) is 22.3 Å². The first kappa shape index (κ1) is 18.1. The summed E-state index contributed by atoms with van der Waals surface area (Å²) < 4.78 is 37.7. The highest BCUT2D eigenvalue weighted by molar-refractivity contribution is 9.10. The number of carbonyl (C=O) groups excluding carboxylic acids is 1. The van der Waals surface area contributed by atoms with Crippen LogP contribution in [0.15, 0.2) is 53.0 Å². The summed E-state index contributed by atoms with van der Waals surface area (Å²) >= 11 is 3.33. The first-order chi connectivity index (χ1) is 11.8. The molecule has 1 amide bonds. The van der Waals surface area contributed by atoms with E-state index < -0.39 is 9.84 Å². The zero-order valence-corrected chi connectivity index (χ0v) is 15.8. The van der Waals surface area contributed by atoms with Crippen molar-refractivity contribution in [1.82, 2.24) is 4.90 Å². The van der Waals surface area contributed by atoms with Gasteiger partial charge in [-0.15, -0.1) is 0 Å². The van der Waals surface area contributed by atoms with Crippen LogP contribution in [0, 0.1) is 5.82 Å². The maximum Gasteiger partial charge on any atom is 0.254 e. The maximum atomic E-state index is 13.1. The lowest BCUT2D eigenvalue weighted by atomic mass is 10.1. The molecule has 7 heteroatoms. The normalized spacial score (nSPS) is 18.9. The minimum absolute atomic E-state index is 0.0313. The summed E-state index contributed by atoms with van der Waals surface area (Å²) in [6.45, 7) is 0.245. The molecule has 25 heavy (non-hydrogen) atoms. The monoisotopic (exact) mass is 425 g/mol. The van der Waals surface area contributed by atoms with Gasteiger partial charge in [0, 0.05) is 22.6 Å². The number of sulfone groups is 1. The van der Waals surface area contributed by atoms with Crippen LogP contribution in [0.5, 0.6) is 0 Å². The van der Waals surface area contributed by atoms with Crippen LogP contribution in [0.3, 0.4) is 0 Å². The number of nitrogens with zero attached hydrogens (tertiary/aromatic N) is 1. The third-order valence-electron chi connectivity index (χ3n) is 4.27. The molecule has 0 aliphatic carbocycles.